The van der Waals surface area contributed by atoms with E-state index in [0.717, 1.165) is 23.9 Å². The van der Waals surface area contributed by atoms with Crippen molar-refractivity contribution in [2.75, 3.05) is 19.5 Å². The maximum Gasteiger partial charge on any atom is 0.123 e. The second kappa shape index (κ2) is 7.28. The molecule has 0 unspecified atom stereocenters. The maximum atomic E-state index is 13.4. The highest BCUT2D eigenvalue weighted by Crippen LogP contribution is 2.32. The maximum absolute atomic E-state index is 13.4. The van der Waals surface area contributed by atoms with Gasteiger partial charge in [-0.2, -0.15) is 0 Å². The molecule has 0 radical (unpaired) electrons. The van der Waals surface area contributed by atoms with E-state index in [4.69, 9.17) is 5.11 Å². The molecule has 0 fully saturated rings. The summed E-state index contributed by atoms with van der Waals surface area (Å²) in [6.45, 7) is 8.33. The summed E-state index contributed by atoms with van der Waals surface area (Å²) in [6.07, 6.45) is 0. The molecule has 0 saturated heterocycles. The summed E-state index contributed by atoms with van der Waals surface area (Å²) < 4.78 is 13.4. The van der Waals surface area contributed by atoms with Gasteiger partial charge in [-0.25, -0.2) is 4.39 Å². The predicted octanol–water partition coefficient (Wildman–Crippen LogP) is 3.72. The zero-order valence-electron chi connectivity index (χ0n) is 11.6. The molecule has 0 saturated carbocycles. The smallest absolute Gasteiger partial charge is 0.123 e. The number of benzene rings is 1. The Morgan fingerprint density at radius 1 is 1.00 bits per heavy atom. The molecule has 2 nitrogen and oxygen atoms in total. The van der Waals surface area contributed by atoms with Gasteiger partial charge < -0.3 is 10.4 Å². The molecule has 0 aliphatic heterocycles. The van der Waals surface area contributed by atoms with Crippen molar-refractivity contribution < 1.29 is 9.50 Å². The van der Waals surface area contributed by atoms with E-state index in [2.05, 4.69) is 33.0 Å². The first-order valence-electron chi connectivity index (χ1n) is 5.93. The molecule has 0 heterocycles. The Morgan fingerprint density at radius 3 is 1.59 bits per heavy atom. The first-order chi connectivity index (χ1) is 7.97. The summed E-state index contributed by atoms with van der Waals surface area (Å²) in [5.74, 6) is 0.530. The van der Waals surface area contributed by atoms with E-state index in [-0.39, 0.29) is 5.82 Å². The molecular weight excluding hydrogens is 217 g/mol. The van der Waals surface area contributed by atoms with Crippen molar-refractivity contribution in [3.05, 3.63) is 29.1 Å². The van der Waals surface area contributed by atoms with Gasteiger partial charge in [0.1, 0.15) is 5.82 Å². The van der Waals surface area contributed by atoms with E-state index in [1.54, 1.807) is 12.1 Å². The third kappa shape index (κ3) is 4.00. The molecule has 0 aromatic heterocycles. The fourth-order valence-electron chi connectivity index (χ4n) is 1.85. The molecule has 0 bridgehead atoms. The number of hydrogen-bond donors (Lipinski definition) is 2. The molecular formula is C14H24FNO. The lowest BCUT2D eigenvalue weighted by molar-refractivity contribution is 0.399. The number of aliphatic hydroxyl groups is 1. The third-order valence-electron chi connectivity index (χ3n) is 2.66. The van der Waals surface area contributed by atoms with E-state index in [9.17, 15) is 4.39 Å². The van der Waals surface area contributed by atoms with Crippen molar-refractivity contribution >= 4 is 5.69 Å². The number of hydrogen-bond acceptors (Lipinski definition) is 2. The molecule has 0 spiro atoms. The quantitative estimate of drug-likeness (QED) is 0.845. The summed E-state index contributed by atoms with van der Waals surface area (Å²) in [6, 6.07) is 3.25. The van der Waals surface area contributed by atoms with Gasteiger partial charge in [-0.3, -0.25) is 0 Å². The largest absolute Gasteiger partial charge is 0.400 e. The van der Waals surface area contributed by atoms with E-state index in [1.165, 1.54) is 0 Å². The van der Waals surface area contributed by atoms with Crippen LogP contribution in [0.2, 0.25) is 0 Å². The van der Waals surface area contributed by atoms with Crippen molar-refractivity contribution in [1.82, 2.24) is 0 Å². The van der Waals surface area contributed by atoms with E-state index >= 15 is 0 Å². The van der Waals surface area contributed by atoms with Crippen LogP contribution >= 0.6 is 0 Å². The van der Waals surface area contributed by atoms with E-state index in [0.29, 0.717) is 11.8 Å². The van der Waals surface area contributed by atoms with E-state index in [1.807, 2.05) is 7.05 Å². The summed E-state index contributed by atoms with van der Waals surface area (Å²) in [4.78, 5) is 0. The van der Waals surface area contributed by atoms with Gasteiger partial charge in [0.25, 0.3) is 0 Å². The zero-order chi connectivity index (χ0) is 13.6. The monoisotopic (exact) mass is 241 g/mol. The zero-order valence-corrected chi connectivity index (χ0v) is 11.6. The average Bonchev–Trinajstić information content (AvgIpc) is 2.30. The van der Waals surface area contributed by atoms with Gasteiger partial charge in [-0.05, 0) is 35.1 Å². The second-order valence-electron chi connectivity index (χ2n) is 4.52. The van der Waals surface area contributed by atoms with Crippen molar-refractivity contribution in [2.45, 2.75) is 39.5 Å². The molecule has 1 aromatic carbocycles. The Bertz CT molecular complexity index is 319. The molecule has 98 valence electrons. The van der Waals surface area contributed by atoms with Crippen molar-refractivity contribution in [2.24, 2.45) is 0 Å². The van der Waals surface area contributed by atoms with Gasteiger partial charge in [0.2, 0.25) is 0 Å². The fourth-order valence-corrected chi connectivity index (χ4v) is 1.85. The highest BCUT2D eigenvalue weighted by atomic mass is 19.1. The minimum absolute atomic E-state index is 0.138. The minimum atomic E-state index is -0.138. The second-order valence-corrected chi connectivity index (χ2v) is 4.52. The van der Waals surface area contributed by atoms with E-state index < -0.39 is 0 Å². The van der Waals surface area contributed by atoms with Crippen LogP contribution in [-0.4, -0.2) is 19.3 Å². The van der Waals surface area contributed by atoms with Crippen LogP contribution in [0.25, 0.3) is 0 Å². The number of anilines is 1. The number of rotatable bonds is 3. The number of nitrogens with one attached hydrogen (secondary N) is 1. The SMILES string of the molecule is CNc1c(C(C)C)cc(F)cc1C(C)C.CO. The van der Waals surface area contributed by atoms with Gasteiger partial charge in [-0.15, -0.1) is 0 Å². The van der Waals surface area contributed by atoms with Crippen molar-refractivity contribution in [1.29, 1.82) is 0 Å². The van der Waals surface area contributed by atoms with Gasteiger partial charge >= 0.3 is 0 Å². The topological polar surface area (TPSA) is 32.3 Å². The van der Waals surface area contributed by atoms with Gasteiger partial charge in [-0.1, -0.05) is 27.7 Å². The summed E-state index contributed by atoms with van der Waals surface area (Å²) in [7, 11) is 2.89. The van der Waals surface area contributed by atoms with Gasteiger partial charge in [0.15, 0.2) is 0 Å². The molecule has 3 heteroatoms. The number of aliphatic hydroxyl groups excluding tert-OH is 1. The molecule has 17 heavy (non-hydrogen) atoms. The molecule has 0 aliphatic carbocycles. The first-order valence-corrected chi connectivity index (χ1v) is 5.93. The first kappa shape index (κ1) is 15.9. The normalized spacial score (nSPS) is 10.2. The van der Waals surface area contributed by atoms with Gasteiger partial charge in [0, 0.05) is 19.8 Å². The Balaban J connectivity index is 0.00000121. The van der Waals surface area contributed by atoms with Crippen molar-refractivity contribution in [3.8, 4) is 0 Å². The fraction of sp³-hybridized carbons (Fsp3) is 0.571. The molecule has 0 atom stereocenters. The lowest BCUT2D eigenvalue weighted by Crippen LogP contribution is -2.04. The van der Waals surface area contributed by atoms with Crippen LogP contribution in [-0.2, 0) is 0 Å². The minimum Gasteiger partial charge on any atom is -0.400 e. The predicted molar refractivity (Wildman–Crippen MR) is 72.3 cm³/mol. The lowest BCUT2D eigenvalue weighted by Gasteiger charge is -2.19. The Kier molecular flexibility index (Phi) is 6.81. The highest BCUT2D eigenvalue weighted by molar-refractivity contribution is 5.59. The molecule has 1 rings (SSSR count). The molecule has 2 N–H and O–H groups in total. The summed E-state index contributed by atoms with van der Waals surface area (Å²) in [5, 5.41) is 10.2. The highest BCUT2D eigenvalue weighted by Gasteiger charge is 2.14. The molecule has 1 aromatic rings. The Labute approximate surface area is 104 Å². The molecule has 0 amide bonds. The lowest BCUT2D eigenvalue weighted by atomic mass is 9.92. The third-order valence-corrected chi connectivity index (χ3v) is 2.66. The average molecular weight is 241 g/mol. The molecule has 0 aliphatic rings. The van der Waals surface area contributed by atoms with Crippen LogP contribution in [0.5, 0.6) is 0 Å². The van der Waals surface area contributed by atoms with Crippen LogP contribution in [0.15, 0.2) is 12.1 Å². The van der Waals surface area contributed by atoms with Crippen LogP contribution in [0.4, 0.5) is 10.1 Å². The number of halogens is 1. The van der Waals surface area contributed by atoms with Crippen LogP contribution < -0.4 is 5.32 Å². The van der Waals surface area contributed by atoms with Crippen LogP contribution in [0.3, 0.4) is 0 Å². The standard InChI is InChI=1S/C13H20FN.CH4O/c1-8(2)11-6-10(14)7-12(9(3)4)13(11)15-5;1-2/h6-9,15H,1-5H3;2H,1H3. The Hall–Kier alpha value is -1.09. The summed E-state index contributed by atoms with van der Waals surface area (Å²) >= 11 is 0. The van der Waals surface area contributed by atoms with Gasteiger partial charge in [0.05, 0.1) is 0 Å². The van der Waals surface area contributed by atoms with Crippen LogP contribution in [0, 0.1) is 5.82 Å². The van der Waals surface area contributed by atoms with Crippen LogP contribution in [0.1, 0.15) is 50.7 Å². The Morgan fingerprint density at radius 2 is 1.35 bits per heavy atom. The summed E-state index contributed by atoms with van der Waals surface area (Å²) in [5.41, 5.74) is 3.20. The van der Waals surface area contributed by atoms with Crippen molar-refractivity contribution in [3.63, 3.8) is 0 Å².